The number of esters is 2. The van der Waals surface area contributed by atoms with Gasteiger partial charge in [0.2, 0.25) is 0 Å². The summed E-state index contributed by atoms with van der Waals surface area (Å²) in [6.07, 6.45) is 41.0. The smallest absolute Gasteiger partial charge is 0.462 e. The molecule has 0 amide bonds. The predicted octanol–water partition coefficient (Wildman–Crippen LogP) is 11.0. The summed E-state index contributed by atoms with van der Waals surface area (Å²) in [5.41, 5.74) is 0. The molecule has 274 valence electrons. The van der Waals surface area contributed by atoms with Crippen LogP contribution in [0.5, 0.6) is 0 Å². The predicted molar refractivity (Wildman–Crippen MR) is 198 cm³/mol. The number of carbonyl (C=O) groups excluding carboxylic acids is 2. The van der Waals surface area contributed by atoms with Gasteiger partial charge < -0.3 is 14.4 Å². The molecular formula is C39H65O8P. The summed E-state index contributed by atoms with van der Waals surface area (Å²) in [4.78, 5) is 34.5. The van der Waals surface area contributed by atoms with Crippen LogP contribution < -0.4 is 0 Å². The number of carbonyl (C=O) groups is 2. The third-order valence-electron chi connectivity index (χ3n) is 7.01. The molecule has 8 nitrogen and oxygen atoms in total. The lowest BCUT2D eigenvalue weighted by Gasteiger charge is -2.19. The van der Waals surface area contributed by atoms with Gasteiger partial charge in [0.1, 0.15) is 6.61 Å². The van der Waals surface area contributed by atoms with Crippen molar-refractivity contribution in [2.45, 2.75) is 142 Å². The molecule has 0 bridgehead atoms. The fraction of sp³-hybridized carbons (Fsp3) is 0.641. The normalized spacial score (nSPS) is 14.3. The summed E-state index contributed by atoms with van der Waals surface area (Å²) in [5.74, 6) is -0.862. The molecule has 2 unspecified atom stereocenters. The monoisotopic (exact) mass is 692 g/mol. The van der Waals surface area contributed by atoms with Crippen LogP contribution in [0.1, 0.15) is 136 Å². The Morgan fingerprint density at radius 2 is 1.00 bits per heavy atom. The van der Waals surface area contributed by atoms with E-state index in [4.69, 9.17) is 18.5 Å². The van der Waals surface area contributed by atoms with Crippen molar-refractivity contribution in [2.75, 3.05) is 19.8 Å². The molecule has 9 heteroatoms. The minimum Gasteiger partial charge on any atom is -0.462 e. The van der Waals surface area contributed by atoms with Crippen molar-refractivity contribution in [3.8, 4) is 0 Å². The van der Waals surface area contributed by atoms with Gasteiger partial charge in [-0.3, -0.25) is 18.6 Å². The summed E-state index contributed by atoms with van der Waals surface area (Å²) in [6.45, 7) is 5.15. The molecule has 48 heavy (non-hydrogen) atoms. The second-order valence-corrected chi connectivity index (χ2v) is 12.9. The van der Waals surface area contributed by atoms with Crippen molar-refractivity contribution in [1.82, 2.24) is 0 Å². The molecule has 0 spiro atoms. The molecule has 0 aliphatic carbocycles. The first-order valence-corrected chi connectivity index (χ1v) is 19.7. The third kappa shape index (κ3) is 33.4. The van der Waals surface area contributed by atoms with Crippen LogP contribution in [0.3, 0.4) is 0 Å². The number of unbranched alkanes of at least 4 members (excludes halogenated alkanes) is 8. The Hall–Kier alpha value is -2.51. The molecule has 0 aromatic carbocycles. The molecule has 0 aliphatic rings. The lowest BCUT2D eigenvalue weighted by Crippen LogP contribution is -2.29. The SMILES string of the molecule is CC/C=C\C/C=C\C/C=C\CCCCCCCC(=O)OC(COC(=O)CCCCC/C=C\C/C=C\C/C=C\CC)COP(=O)(O)OCC. The molecule has 0 rings (SSSR count). The number of hydrogen-bond donors (Lipinski definition) is 1. The molecule has 0 aliphatic heterocycles. The van der Waals surface area contributed by atoms with E-state index in [2.05, 4.69) is 86.8 Å². The Kier molecular flexibility index (Phi) is 32.6. The second-order valence-electron chi connectivity index (χ2n) is 11.5. The van der Waals surface area contributed by atoms with Crippen LogP contribution >= 0.6 is 7.82 Å². The number of allylic oxidation sites excluding steroid dienone is 12. The van der Waals surface area contributed by atoms with Gasteiger partial charge in [-0.25, -0.2) is 4.57 Å². The summed E-state index contributed by atoms with van der Waals surface area (Å²) in [5, 5.41) is 0. The van der Waals surface area contributed by atoms with Gasteiger partial charge >= 0.3 is 19.8 Å². The highest BCUT2D eigenvalue weighted by Gasteiger charge is 2.25. The van der Waals surface area contributed by atoms with Crippen LogP contribution in [0.4, 0.5) is 0 Å². The summed E-state index contributed by atoms with van der Waals surface area (Å²) in [6, 6.07) is 0. The van der Waals surface area contributed by atoms with Gasteiger partial charge in [-0.1, -0.05) is 112 Å². The zero-order valence-corrected chi connectivity index (χ0v) is 31.0. The number of phosphoric acid groups is 1. The van der Waals surface area contributed by atoms with Crippen LogP contribution in [0.15, 0.2) is 72.9 Å². The summed E-state index contributed by atoms with van der Waals surface area (Å²) < 4.78 is 32.4. The van der Waals surface area contributed by atoms with E-state index in [1.165, 1.54) is 0 Å². The van der Waals surface area contributed by atoms with Crippen molar-refractivity contribution in [1.29, 1.82) is 0 Å². The molecule has 2 atom stereocenters. The van der Waals surface area contributed by atoms with E-state index in [1.54, 1.807) is 6.92 Å². The Morgan fingerprint density at radius 1 is 0.562 bits per heavy atom. The van der Waals surface area contributed by atoms with Crippen LogP contribution in [0, 0.1) is 0 Å². The van der Waals surface area contributed by atoms with Gasteiger partial charge in [-0.2, -0.15) is 0 Å². The van der Waals surface area contributed by atoms with Crippen LogP contribution in [-0.2, 0) is 32.7 Å². The van der Waals surface area contributed by atoms with Gasteiger partial charge in [-0.05, 0) is 84.0 Å². The van der Waals surface area contributed by atoms with E-state index in [0.29, 0.717) is 12.8 Å². The number of phosphoric ester groups is 1. The minimum atomic E-state index is -4.29. The van der Waals surface area contributed by atoms with Gasteiger partial charge in [0.15, 0.2) is 6.10 Å². The molecule has 0 aromatic rings. The van der Waals surface area contributed by atoms with Gasteiger partial charge in [0.25, 0.3) is 0 Å². The van der Waals surface area contributed by atoms with Gasteiger partial charge in [0.05, 0.1) is 13.2 Å². The van der Waals surface area contributed by atoms with E-state index < -0.39 is 32.5 Å². The van der Waals surface area contributed by atoms with Gasteiger partial charge in [-0.15, -0.1) is 0 Å². The van der Waals surface area contributed by atoms with E-state index in [1.807, 2.05) is 0 Å². The highest BCUT2D eigenvalue weighted by molar-refractivity contribution is 7.47. The molecule has 0 saturated carbocycles. The quantitative estimate of drug-likeness (QED) is 0.0321. The maximum atomic E-state index is 12.5. The summed E-state index contributed by atoms with van der Waals surface area (Å²) >= 11 is 0. The molecule has 0 radical (unpaired) electrons. The molecular weight excluding hydrogens is 627 g/mol. The number of hydrogen-bond acceptors (Lipinski definition) is 7. The van der Waals surface area contributed by atoms with E-state index in [0.717, 1.165) is 89.9 Å². The Morgan fingerprint density at radius 3 is 1.52 bits per heavy atom. The highest BCUT2D eigenvalue weighted by atomic mass is 31.2. The third-order valence-corrected chi connectivity index (χ3v) is 8.07. The number of ether oxygens (including phenoxy) is 2. The molecule has 1 N–H and O–H groups in total. The first kappa shape index (κ1) is 45.5. The van der Waals surface area contributed by atoms with Crippen LogP contribution in [0.2, 0.25) is 0 Å². The average molecular weight is 693 g/mol. The first-order valence-electron chi connectivity index (χ1n) is 18.2. The largest absolute Gasteiger partial charge is 0.472 e. The number of rotatable bonds is 32. The van der Waals surface area contributed by atoms with E-state index in [9.17, 15) is 19.0 Å². The van der Waals surface area contributed by atoms with Gasteiger partial charge in [0, 0.05) is 12.8 Å². The maximum Gasteiger partial charge on any atom is 0.472 e. The maximum absolute atomic E-state index is 12.5. The van der Waals surface area contributed by atoms with Crippen molar-refractivity contribution in [3.05, 3.63) is 72.9 Å². The zero-order chi connectivity index (χ0) is 35.4. The Bertz CT molecular complexity index is 1010. The van der Waals surface area contributed by atoms with Crippen molar-refractivity contribution in [2.24, 2.45) is 0 Å². The molecule has 0 fully saturated rings. The highest BCUT2D eigenvalue weighted by Crippen LogP contribution is 2.43. The standard InChI is InChI=1S/C39H65O8P/c1-4-7-9-11-13-15-17-19-20-22-24-26-28-30-32-34-39(41)47-37(36-46-48(42,43)45-6-3)35-44-38(40)33-31-29-27-25-23-21-18-16-14-12-10-8-5-2/h7-10,13-16,19-21,23,37H,4-6,11-12,17-18,22,24-36H2,1-3H3,(H,42,43)/b9-7-,10-8-,15-13-,16-14-,20-19-,23-21-. The lowest BCUT2D eigenvalue weighted by molar-refractivity contribution is -0.161. The Balaban J connectivity index is 4.27. The zero-order valence-electron chi connectivity index (χ0n) is 30.1. The fourth-order valence-corrected chi connectivity index (χ4v) is 5.18. The van der Waals surface area contributed by atoms with Crippen molar-refractivity contribution < 1.29 is 37.6 Å². The van der Waals surface area contributed by atoms with Crippen molar-refractivity contribution >= 4 is 19.8 Å². The van der Waals surface area contributed by atoms with Crippen LogP contribution in [0.25, 0.3) is 0 Å². The lowest BCUT2D eigenvalue weighted by atomic mass is 10.1. The van der Waals surface area contributed by atoms with E-state index >= 15 is 0 Å². The van der Waals surface area contributed by atoms with E-state index in [-0.39, 0.29) is 26.1 Å². The fourth-order valence-electron chi connectivity index (χ4n) is 4.42. The van der Waals surface area contributed by atoms with Crippen molar-refractivity contribution in [3.63, 3.8) is 0 Å². The Labute approximate surface area is 292 Å². The summed E-state index contributed by atoms with van der Waals surface area (Å²) in [7, 11) is -4.29. The van der Waals surface area contributed by atoms with Crippen LogP contribution in [-0.4, -0.2) is 42.8 Å². The molecule has 0 heterocycles. The molecule has 0 aromatic heterocycles. The minimum absolute atomic E-state index is 0.0121. The topological polar surface area (TPSA) is 108 Å². The average Bonchev–Trinajstić information content (AvgIpc) is 3.06. The second kappa shape index (κ2) is 34.4. The molecule has 0 saturated heterocycles. The first-order chi connectivity index (χ1) is 23.3.